The summed E-state index contributed by atoms with van der Waals surface area (Å²) in [6.07, 6.45) is 0. The van der Waals surface area contributed by atoms with E-state index < -0.39 is 11.8 Å². The van der Waals surface area contributed by atoms with Gasteiger partial charge in [0.25, 0.3) is 0 Å². The second-order valence-corrected chi connectivity index (χ2v) is 9.37. The quantitative estimate of drug-likeness (QED) is 0.297. The van der Waals surface area contributed by atoms with Gasteiger partial charge in [-0.15, -0.1) is 22.7 Å². The molecule has 0 aliphatic carbocycles. The zero-order valence-corrected chi connectivity index (χ0v) is 19.9. The first kappa shape index (κ1) is 20.9. The van der Waals surface area contributed by atoms with Crippen LogP contribution in [0.3, 0.4) is 0 Å². The molecule has 0 unspecified atom stereocenters. The number of hydrogen-bond donors (Lipinski definition) is 2. The third-order valence-corrected chi connectivity index (χ3v) is 6.85. The molecular formula is C20H12Br2N4O2S2. The van der Waals surface area contributed by atoms with Crippen LogP contribution in [0.1, 0.15) is 0 Å². The van der Waals surface area contributed by atoms with E-state index in [0.717, 1.165) is 20.1 Å². The number of nitrogens with zero attached hydrogens (tertiary/aromatic N) is 2. The molecule has 6 nitrogen and oxygen atoms in total. The standard InChI is InChI=1S/C20H12Br2N4O2S2/c21-13-7-3-1-5-11(13)15-9-29-19(23-15)25-17(27)18(28)26-20-24-16(10-30-20)12-6-2-4-8-14(12)22/h1-10H,(H,23,25,27)(H,24,26,28). The molecule has 0 spiro atoms. The Morgan fingerprint density at radius 3 is 1.50 bits per heavy atom. The highest BCUT2D eigenvalue weighted by molar-refractivity contribution is 9.11. The van der Waals surface area contributed by atoms with Crippen LogP contribution in [0.25, 0.3) is 22.5 Å². The van der Waals surface area contributed by atoms with Crippen LogP contribution >= 0.6 is 54.5 Å². The molecule has 0 aliphatic heterocycles. The molecule has 0 saturated carbocycles. The molecular weight excluding hydrogens is 552 g/mol. The lowest BCUT2D eigenvalue weighted by atomic mass is 10.2. The summed E-state index contributed by atoms with van der Waals surface area (Å²) in [5, 5.41) is 9.38. The lowest BCUT2D eigenvalue weighted by molar-refractivity contribution is -0.132. The fourth-order valence-corrected chi connectivity index (χ4v) is 4.94. The highest BCUT2D eigenvalue weighted by Gasteiger charge is 2.18. The minimum atomic E-state index is -0.805. The van der Waals surface area contributed by atoms with Crippen molar-refractivity contribution in [3.05, 3.63) is 68.2 Å². The average Bonchev–Trinajstić information content (AvgIpc) is 3.38. The summed E-state index contributed by atoms with van der Waals surface area (Å²) < 4.78 is 1.80. The second kappa shape index (κ2) is 9.17. The highest BCUT2D eigenvalue weighted by Crippen LogP contribution is 2.31. The van der Waals surface area contributed by atoms with Crippen molar-refractivity contribution in [2.45, 2.75) is 0 Å². The van der Waals surface area contributed by atoms with E-state index in [4.69, 9.17) is 0 Å². The monoisotopic (exact) mass is 562 g/mol. The largest absolute Gasteiger partial charge is 0.315 e. The van der Waals surface area contributed by atoms with Gasteiger partial charge in [-0.05, 0) is 12.1 Å². The van der Waals surface area contributed by atoms with E-state index in [1.807, 2.05) is 59.3 Å². The van der Waals surface area contributed by atoms with Gasteiger partial charge in [-0.1, -0.05) is 68.3 Å². The molecule has 2 aromatic heterocycles. The van der Waals surface area contributed by atoms with Crippen LogP contribution in [0.4, 0.5) is 10.3 Å². The number of halogens is 2. The molecule has 10 heteroatoms. The normalized spacial score (nSPS) is 10.6. The van der Waals surface area contributed by atoms with Crippen molar-refractivity contribution in [3.8, 4) is 22.5 Å². The average molecular weight is 564 g/mol. The van der Waals surface area contributed by atoms with Crippen molar-refractivity contribution in [2.75, 3.05) is 10.6 Å². The fourth-order valence-electron chi connectivity index (χ4n) is 2.56. The van der Waals surface area contributed by atoms with Crippen molar-refractivity contribution in [1.82, 2.24) is 9.97 Å². The van der Waals surface area contributed by atoms with Crippen molar-refractivity contribution in [3.63, 3.8) is 0 Å². The van der Waals surface area contributed by atoms with Crippen LogP contribution in [0, 0.1) is 0 Å². The van der Waals surface area contributed by atoms with Crippen molar-refractivity contribution in [1.29, 1.82) is 0 Å². The Kier molecular flexibility index (Phi) is 6.38. The molecule has 2 amide bonds. The van der Waals surface area contributed by atoms with Gasteiger partial charge in [0, 0.05) is 30.8 Å². The summed E-state index contributed by atoms with van der Waals surface area (Å²) in [5.41, 5.74) is 3.23. The van der Waals surface area contributed by atoms with Gasteiger partial charge >= 0.3 is 11.8 Å². The van der Waals surface area contributed by atoms with Crippen LogP contribution in [0.2, 0.25) is 0 Å². The van der Waals surface area contributed by atoms with Gasteiger partial charge in [-0.3, -0.25) is 20.2 Å². The van der Waals surface area contributed by atoms with Crippen molar-refractivity contribution in [2.24, 2.45) is 0 Å². The molecule has 0 fully saturated rings. The number of thiazole rings is 2. The van der Waals surface area contributed by atoms with Crippen LogP contribution in [0.5, 0.6) is 0 Å². The molecule has 150 valence electrons. The number of nitrogens with one attached hydrogen (secondary N) is 2. The van der Waals surface area contributed by atoms with Gasteiger partial charge in [0.1, 0.15) is 0 Å². The second-order valence-electron chi connectivity index (χ2n) is 5.94. The number of aromatic nitrogens is 2. The number of carbonyl (C=O) groups is 2. The van der Waals surface area contributed by atoms with Gasteiger partial charge in [-0.25, -0.2) is 9.97 Å². The molecule has 0 aliphatic rings. The number of benzene rings is 2. The van der Waals surface area contributed by atoms with Crippen LogP contribution < -0.4 is 10.6 Å². The molecule has 0 bridgehead atoms. The van der Waals surface area contributed by atoms with E-state index in [-0.39, 0.29) is 0 Å². The maximum absolute atomic E-state index is 12.3. The van der Waals surface area contributed by atoms with E-state index in [1.54, 1.807) is 0 Å². The number of hydrogen-bond acceptors (Lipinski definition) is 6. The molecule has 4 aromatic rings. The Morgan fingerprint density at radius 2 is 1.10 bits per heavy atom. The lowest BCUT2D eigenvalue weighted by Gasteiger charge is -2.02. The van der Waals surface area contributed by atoms with Crippen LogP contribution in [-0.4, -0.2) is 21.8 Å². The maximum Gasteiger partial charge on any atom is 0.315 e. The third-order valence-electron chi connectivity index (χ3n) is 3.96. The first-order chi connectivity index (χ1) is 14.5. The predicted octanol–water partition coefficient (Wildman–Crippen LogP) is 6.04. The molecule has 0 atom stereocenters. The summed E-state index contributed by atoms with van der Waals surface area (Å²) in [6, 6.07) is 15.3. The van der Waals surface area contributed by atoms with Crippen molar-refractivity contribution < 1.29 is 9.59 Å². The Morgan fingerprint density at radius 1 is 0.700 bits per heavy atom. The minimum absolute atomic E-state index is 0.342. The molecule has 30 heavy (non-hydrogen) atoms. The smallest absolute Gasteiger partial charge is 0.294 e. The van der Waals surface area contributed by atoms with Gasteiger partial charge in [0.2, 0.25) is 0 Å². The summed E-state index contributed by atoms with van der Waals surface area (Å²) in [5.74, 6) is -1.61. The van der Waals surface area contributed by atoms with E-state index in [0.29, 0.717) is 21.7 Å². The third kappa shape index (κ3) is 4.67. The number of amides is 2. The number of anilines is 2. The Bertz CT molecular complexity index is 1140. The van der Waals surface area contributed by atoms with Crippen LogP contribution in [-0.2, 0) is 9.59 Å². The molecule has 2 N–H and O–H groups in total. The summed E-state index contributed by atoms with van der Waals surface area (Å²) in [4.78, 5) is 33.3. The summed E-state index contributed by atoms with van der Waals surface area (Å²) >= 11 is 9.45. The zero-order valence-electron chi connectivity index (χ0n) is 15.1. The number of rotatable bonds is 4. The number of carbonyl (C=O) groups excluding carboxylic acids is 2. The van der Waals surface area contributed by atoms with Gasteiger partial charge in [0.05, 0.1) is 11.4 Å². The Balaban J connectivity index is 1.41. The van der Waals surface area contributed by atoms with Gasteiger partial charge < -0.3 is 0 Å². The zero-order chi connectivity index (χ0) is 21.1. The Hall–Kier alpha value is -2.40. The molecule has 2 aromatic carbocycles. The van der Waals surface area contributed by atoms with Crippen LogP contribution in [0.15, 0.2) is 68.2 Å². The molecule has 2 heterocycles. The lowest BCUT2D eigenvalue weighted by Crippen LogP contribution is -2.28. The van der Waals surface area contributed by atoms with Gasteiger partial charge in [0.15, 0.2) is 10.3 Å². The van der Waals surface area contributed by atoms with Crippen molar-refractivity contribution >= 4 is 76.6 Å². The fraction of sp³-hybridized carbons (Fsp3) is 0. The first-order valence-electron chi connectivity index (χ1n) is 8.54. The molecule has 0 radical (unpaired) electrons. The molecule has 0 saturated heterocycles. The SMILES string of the molecule is O=C(Nc1nc(-c2ccccc2Br)cs1)C(=O)Nc1nc(-c2ccccc2Br)cs1. The van der Waals surface area contributed by atoms with E-state index in [9.17, 15) is 9.59 Å². The van der Waals surface area contributed by atoms with E-state index in [2.05, 4.69) is 52.5 Å². The molecule has 4 rings (SSSR count). The highest BCUT2D eigenvalue weighted by atomic mass is 79.9. The minimum Gasteiger partial charge on any atom is -0.294 e. The van der Waals surface area contributed by atoms with E-state index in [1.165, 1.54) is 22.7 Å². The summed E-state index contributed by atoms with van der Waals surface area (Å²) in [7, 11) is 0. The van der Waals surface area contributed by atoms with E-state index >= 15 is 0 Å². The Labute approximate surface area is 196 Å². The predicted molar refractivity (Wildman–Crippen MR) is 128 cm³/mol. The topological polar surface area (TPSA) is 84.0 Å². The maximum atomic E-state index is 12.3. The van der Waals surface area contributed by atoms with Gasteiger partial charge in [-0.2, -0.15) is 0 Å². The summed E-state index contributed by atoms with van der Waals surface area (Å²) in [6.45, 7) is 0. The first-order valence-corrected chi connectivity index (χ1v) is 11.9.